The first-order valence-electron chi connectivity index (χ1n) is 2.55. The summed E-state index contributed by atoms with van der Waals surface area (Å²) in [5.41, 5.74) is 0.600. The number of aliphatic hydroxyl groups is 1. The van der Waals surface area contributed by atoms with Crippen molar-refractivity contribution < 1.29 is 5.11 Å². The third-order valence-corrected chi connectivity index (χ3v) is 1.15. The van der Waals surface area contributed by atoms with Gasteiger partial charge in [-0.15, -0.1) is 12.4 Å². The van der Waals surface area contributed by atoms with Crippen molar-refractivity contribution in [2.45, 2.75) is 6.61 Å². The van der Waals surface area contributed by atoms with Crippen LogP contribution >= 0.6 is 24.0 Å². The number of rotatable bonds is 1. The fourth-order valence-electron chi connectivity index (χ4n) is 0.538. The Hall–Kier alpha value is -0.310. The summed E-state index contributed by atoms with van der Waals surface area (Å²) in [6, 6.07) is 5.13. The second kappa shape index (κ2) is 4.50. The van der Waals surface area contributed by atoms with Gasteiger partial charge in [0.1, 0.15) is 5.15 Å². The summed E-state index contributed by atoms with van der Waals surface area (Å²) < 4.78 is 0. The first-order chi connectivity index (χ1) is 4.33. The lowest BCUT2D eigenvalue weighted by Crippen LogP contribution is -1.86. The molecule has 1 N–H and O–H groups in total. The zero-order valence-electron chi connectivity index (χ0n) is 5.12. The standard InChI is InChI=1S/C6H6ClNO.ClH/c7-6-3-1-2-5(4-9)8-6;/h1-3,9H,4H2;1H. The van der Waals surface area contributed by atoms with Crippen molar-refractivity contribution in [1.82, 2.24) is 4.98 Å². The molecule has 1 aromatic rings. The number of hydrogen-bond donors (Lipinski definition) is 1. The maximum absolute atomic E-state index is 8.54. The minimum atomic E-state index is -0.0550. The van der Waals surface area contributed by atoms with E-state index in [1.807, 2.05) is 0 Å². The Morgan fingerprint density at radius 1 is 1.50 bits per heavy atom. The second-order valence-electron chi connectivity index (χ2n) is 1.61. The molecule has 4 heteroatoms. The number of hydrogen-bond acceptors (Lipinski definition) is 2. The Morgan fingerprint density at radius 2 is 2.20 bits per heavy atom. The van der Waals surface area contributed by atoms with Gasteiger partial charge in [0.05, 0.1) is 12.3 Å². The van der Waals surface area contributed by atoms with Crippen molar-refractivity contribution in [2.24, 2.45) is 0 Å². The molecule has 2 nitrogen and oxygen atoms in total. The highest BCUT2D eigenvalue weighted by atomic mass is 35.5. The van der Waals surface area contributed by atoms with E-state index in [0.29, 0.717) is 10.8 Å². The van der Waals surface area contributed by atoms with Gasteiger partial charge in [-0.25, -0.2) is 4.98 Å². The number of nitrogens with zero attached hydrogens (tertiary/aromatic N) is 1. The first kappa shape index (κ1) is 9.69. The molecular weight excluding hydrogens is 173 g/mol. The molecule has 0 aliphatic rings. The summed E-state index contributed by atoms with van der Waals surface area (Å²) >= 11 is 5.50. The third-order valence-electron chi connectivity index (χ3n) is 0.935. The van der Waals surface area contributed by atoms with Crippen molar-refractivity contribution in [3.05, 3.63) is 29.0 Å². The van der Waals surface area contributed by atoms with Crippen LogP contribution in [-0.2, 0) is 6.61 Å². The summed E-state index contributed by atoms with van der Waals surface area (Å²) in [6.07, 6.45) is 0. The van der Waals surface area contributed by atoms with Gasteiger partial charge in [-0.05, 0) is 12.1 Å². The molecule has 0 saturated heterocycles. The fourth-order valence-corrected chi connectivity index (χ4v) is 0.720. The molecule has 0 unspecified atom stereocenters. The topological polar surface area (TPSA) is 33.1 Å². The van der Waals surface area contributed by atoms with Gasteiger partial charge in [0.2, 0.25) is 0 Å². The minimum Gasteiger partial charge on any atom is -0.390 e. The molecule has 0 bridgehead atoms. The van der Waals surface area contributed by atoms with Crippen LogP contribution in [0.25, 0.3) is 0 Å². The summed E-state index contributed by atoms with van der Waals surface area (Å²) in [5, 5.41) is 8.96. The molecule has 0 aliphatic heterocycles. The van der Waals surface area contributed by atoms with Crippen LogP contribution < -0.4 is 0 Å². The Balaban J connectivity index is 0.000000810. The lowest BCUT2D eigenvalue weighted by molar-refractivity contribution is 0.277. The van der Waals surface area contributed by atoms with E-state index in [1.165, 1.54) is 0 Å². The SMILES string of the molecule is Cl.OCc1cccc(Cl)n1. The van der Waals surface area contributed by atoms with E-state index in [-0.39, 0.29) is 19.0 Å². The van der Waals surface area contributed by atoms with Gasteiger partial charge in [-0.3, -0.25) is 0 Å². The smallest absolute Gasteiger partial charge is 0.129 e. The number of aliphatic hydroxyl groups excluding tert-OH is 1. The highest BCUT2D eigenvalue weighted by Crippen LogP contribution is 2.03. The fraction of sp³-hybridized carbons (Fsp3) is 0.167. The van der Waals surface area contributed by atoms with Crippen LogP contribution in [0, 0.1) is 0 Å². The van der Waals surface area contributed by atoms with Gasteiger partial charge in [-0.1, -0.05) is 17.7 Å². The van der Waals surface area contributed by atoms with Crippen molar-refractivity contribution in [2.75, 3.05) is 0 Å². The van der Waals surface area contributed by atoms with E-state index in [9.17, 15) is 0 Å². The van der Waals surface area contributed by atoms with E-state index in [1.54, 1.807) is 18.2 Å². The maximum Gasteiger partial charge on any atom is 0.129 e. The van der Waals surface area contributed by atoms with E-state index < -0.39 is 0 Å². The Labute approximate surface area is 70.3 Å². The lowest BCUT2D eigenvalue weighted by Gasteiger charge is -1.92. The van der Waals surface area contributed by atoms with E-state index in [4.69, 9.17) is 16.7 Å². The van der Waals surface area contributed by atoms with E-state index in [0.717, 1.165) is 0 Å². The largest absolute Gasteiger partial charge is 0.390 e. The van der Waals surface area contributed by atoms with Crippen LogP contribution in [0.2, 0.25) is 5.15 Å². The average molecular weight is 180 g/mol. The van der Waals surface area contributed by atoms with Gasteiger partial charge in [0, 0.05) is 0 Å². The Bertz CT molecular complexity index is 205. The molecule has 1 aromatic heterocycles. The zero-order valence-corrected chi connectivity index (χ0v) is 6.69. The molecule has 0 aromatic carbocycles. The van der Waals surface area contributed by atoms with Crippen LogP contribution in [0.4, 0.5) is 0 Å². The molecule has 56 valence electrons. The summed E-state index contributed by atoms with van der Waals surface area (Å²) in [6.45, 7) is -0.0550. The van der Waals surface area contributed by atoms with Crippen molar-refractivity contribution in [3.63, 3.8) is 0 Å². The lowest BCUT2D eigenvalue weighted by atomic mass is 10.4. The summed E-state index contributed by atoms with van der Waals surface area (Å²) in [5.74, 6) is 0. The van der Waals surface area contributed by atoms with Crippen LogP contribution in [0.5, 0.6) is 0 Å². The van der Waals surface area contributed by atoms with E-state index in [2.05, 4.69) is 4.98 Å². The van der Waals surface area contributed by atoms with Crippen LogP contribution in [0.15, 0.2) is 18.2 Å². The number of aromatic nitrogens is 1. The van der Waals surface area contributed by atoms with Crippen molar-refractivity contribution in [1.29, 1.82) is 0 Å². The van der Waals surface area contributed by atoms with Gasteiger partial charge in [0.25, 0.3) is 0 Å². The van der Waals surface area contributed by atoms with Gasteiger partial charge in [0.15, 0.2) is 0 Å². The molecular formula is C6H7Cl2NO. The summed E-state index contributed by atoms with van der Waals surface area (Å²) in [7, 11) is 0. The molecule has 0 radical (unpaired) electrons. The van der Waals surface area contributed by atoms with Gasteiger partial charge in [-0.2, -0.15) is 0 Å². The molecule has 0 amide bonds. The number of pyridine rings is 1. The maximum atomic E-state index is 8.54. The van der Waals surface area contributed by atoms with Gasteiger partial charge < -0.3 is 5.11 Å². The van der Waals surface area contributed by atoms with Gasteiger partial charge >= 0.3 is 0 Å². The monoisotopic (exact) mass is 179 g/mol. The normalized spacial score (nSPS) is 8.60. The highest BCUT2D eigenvalue weighted by Gasteiger charge is 1.90. The quantitative estimate of drug-likeness (QED) is 0.666. The second-order valence-corrected chi connectivity index (χ2v) is 2.00. The number of halogens is 2. The molecule has 0 atom stereocenters. The Kier molecular flexibility index (Phi) is 4.36. The summed E-state index contributed by atoms with van der Waals surface area (Å²) in [4.78, 5) is 3.81. The Morgan fingerprint density at radius 3 is 2.60 bits per heavy atom. The van der Waals surface area contributed by atoms with Crippen LogP contribution in [-0.4, -0.2) is 10.1 Å². The van der Waals surface area contributed by atoms with Crippen molar-refractivity contribution >= 4 is 24.0 Å². The predicted octanol–water partition coefficient (Wildman–Crippen LogP) is 1.65. The highest BCUT2D eigenvalue weighted by molar-refractivity contribution is 6.29. The zero-order chi connectivity index (χ0) is 6.69. The van der Waals surface area contributed by atoms with Crippen LogP contribution in [0.3, 0.4) is 0 Å². The molecule has 10 heavy (non-hydrogen) atoms. The molecule has 1 heterocycles. The third kappa shape index (κ3) is 2.52. The van der Waals surface area contributed by atoms with Crippen LogP contribution in [0.1, 0.15) is 5.69 Å². The predicted molar refractivity (Wildman–Crippen MR) is 42.4 cm³/mol. The molecule has 1 rings (SSSR count). The molecule has 0 saturated carbocycles. The van der Waals surface area contributed by atoms with Crippen molar-refractivity contribution in [3.8, 4) is 0 Å². The molecule has 0 aliphatic carbocycles. The minimum absolute atomic E-state index is 0. The molecule has 0 spiro atoms. The first-order valence-corrected chi connectivity index (χ1v) is 2.93. The van der Waals surface area contributed by atoms with E-state index >= 15 is 0 Å². The molecule has 0 fully saturated rings. The average Bonchev–Trinajstić information content (AvgIpc) is 1.88.